The van der Waals surface area contributed by atoms with Crippen LogP contribution in [0.5, 0.6) is 0 Å². The fourth-order valence-corrected chi connectivity index (χ4v) is 3.40. The van der Waals surface area contributed by atoms with Gasteiger partial charge in [-0.15, -0.1) is 0 Å². The van der Waals surface area contributed by atoms with E-state index in [4.69, 9.17) is 4.42 Å². The van der Waals surface area contributed by atoms with Crippen molar-refractivity contribution >= 4 is 21.1 Å². The SMILES string of the molecule is O=S(=O)(Cc1ccc(F)cc1)NCCc1ccc2ncoc2c1. The lowest BCUT2D eigenvalue weighted by atomic mass is 10.1. The molecule has 0 unspecified atom stereocenters. The molecule has 0 bridgehead atoms. The molecule has 0 saturated carbocycles. The Morgan fingerprint density at radius 3 is 2.61 bits per heavy atom. The molecule has 1 aromatic heterocycles. The first kappa shape index (κ1) is 15.6. The van der Waals surface area contributed by atoms with Crippen LogP contribution < -0.4 is 4.72 Å². The van der Waals surface area contributed by atoms with Crippen molar-refractivity contribution in [3.8, 4) is 0 Å². The number of nitrogens with one attached hydrogen (secondary N) is 1. The molecule has 0 atom stereocenters. The van der Waals surface area contributed by atoms with E-state index in [-0.39, 0.29) is 18.1 Å². The van der Waals surface area contributed by atoms with Gasteiger partial charge in [-0.2, -0.15) is 0 Å². The number of rotatable bonds is 6. The zero-order valence-corrected chi connectivity index (χ0v) is 13.0. The Hall–Kier alpha value is -2.25. The van der Waals surface area contributed by atoms with E-state index < -0.39 is 10.0 Å². The van der Waals surface area contributed by atoms with E-state index in [0.29, 0.717) is 17.6 Å². The van der Waals surface area contributed by atoms with E-state index in [1.165, 1.54) is 30.7 Å². The van der Waals surface area contributed by atoms with Crippen LogP contribution in [0.2, 0.25) is 0 Å². The van der Waals surface area contributed by atoms with Crippen molar-refractivity contribution in [2.24, 2.45) is 0 Å². The Bertz CT molecular complexity index is 904. The van der Waals surface area contributed by atoms with Crippen molar-refractivity contribution in [2.45, 2.75) is 12.2 Å². The molecule has 1 heterocycles. The number of halogens is 1. The molecule has 23 heavy (non-hydrogen) atoms. The second-order valence-electron chi connectivity index (χ2n) is 5.18. The minimum Gasteiger partial charge on any atom is -0.443 e. The summed E-state index contributed by atoms with van der Waals surface area (Å²) in [5.74, 6) is -0.559. The molecule has 1 N–H and O–H groups in total. The maximum atomic E-state index is 12.8. The monoisotopic (exact) mass is 334 g/mol. The summed E-state index contributed by atoms with van der Waals surface area (Å²) in [4.78, 5) is 4.03. The van der Waals surface area contributed by atoms with E-state index in [0.717, 1.165) is 11.1 Å². The summed E-state index contributed by atoms with van der Waals surface area (Å²) in [6.07, 6.45) is 1.92. The molecule has 0 aliphatic heterocycles. The highest BCUT2D eigenvalue weighted by Crippen LogP contribution is 2.14. The number of hydrogen-bond acceptors (Lipinski definition) is 4. The third-order valence-corrected chi connectivity index (χ3v) is 4.76. The third kappa shape index (κ3) is 4.14. The third-order valence-electron chi connectivity index (χ3n) is 3.40. The average molecular weight is 334 g/mol. The van der Waals surface area contributed by atoms with Crippen molar-refractivity contribution in [1.29, 1.82) is 0 Å². The van der Waals surface area contributed by atoms with E-state index in [2.05, 4.69) is 9.71 Å². The van der Waals surface area contributed by atoms with Crippen molar-refractivity contribution in [2.75, 3.05) is 6.54 Å². The Morgan fingerprint density at radius 1 is 1.09 bits per heavy atom. The van der Waals surface area contributed by atoms with Crippen molar-refractivity contribution in [3.63, 3.8) is 0 Å². The van der Waals surface area contributed by atoms with Gasteiger partial charge in [0, 0.05) is 6.54 Å². The van der Waals surface area contributed by atoms with Crippen LogP contribution in [0, 0.1) is 5.82 Å². The van der Waals surface area contributed by atoms with Crippen LogP contribution in [0.15, 0.2) is 53.3 Å². The maximum Gasteiger partial charge on any atom is 0.215 e. The Labute approximate surface area is 133 Å². The normalized spacial score (nSPS) is 11.9. The number of benzene rings is 2. The molecule has 0 aliphatic rings. The minimum absolute atomic E-state index is 0.172. The minimum atomic E-state index is -3.46. The van der Waals surface area contributed by atoms with Gasteiger partial charge in [0.15, 0.2) is 12.0 Å². The molecule has 120 valence electrons. The first-order valence-corrected chi connectivity index (χ1v) is 8.71. The summed E-state index contributed by atoms with van der Waals surface area (Å²) in [6.45, 7) is 0.281. The summed E-state index contributed by atoms with van der Waals surface area (Å²) >= 11 is 0. The zero-order chi connectivity index (χ0) is 16.3. The number of sulfonamides is 1. The quantitative estimate of drug-likeness (QED) is 0.752. The zero-order valence-electron chi connectivity index (χ0n) is 12.2. The van der Waals surface area contributed by atoms with Crippen molar-refractivity contribution in [3.05, 3.63) is 65.8 Å². The standard InChI is InChI=1S/C16H15FN2O3S/c17-14-4-1-13(2-5-14)10-23(20,21)19-8-7-12-3-6-15-16(9-12)22-11-18-15/h1-6,9,11,19H,7-8,10H2. The number of fused-ring (bicyclic) bond motifs is 1. The maximum absolute atomic E-state index is 12.8. The lowest BCUT2D eigenvalue weighted by Crippen LogP contribution is -2.27. The highest BCUT2D eigenvalue weighted by Gasteiger charge is 2.11. The molecule has 0 aliphatic carbocycles. The average Bonchev–Trinajstić information content (AvgIpc) is 2.97. The highest BCUT2D eigenvalue weighted by atomic mass is 32.2. The van der Waals surface area contributed by atoms with Gasteiger partial charge in [-0.1, -0.05) is 18.2 Å². The van der Waals surface area contributed by atoms with Gasteiger partial charge in [0.1, 0.15) is 11.3 Å². The van der Waals surface area contributed by atoms with Crippen LogP contribution in [-0.2, 0) is 22.2 Å². The number of aromatic nitrogens is 1. The van der Waals surface area contributed by atoms with Gasteiger partial charge in [0.25, 0.3) is 0 Å². The topological polar surface area (TPSA) is 72.2 Å². The predicted molar refractivity (Wildman–Crippen MR) is 84.7 cm³/mol. The molecule has 0 saturated heterocycles. The summed E-state index contributed by atoms with van der Waals surface area (Å²) in [5, 5.41) is 0. The molecule has 0 spiro atoms. The Morgan fingerprint density at radius 2 is 1.83 bits per heavy atom. The largest absolute Gasteiger partial charge is 0.443 e. The van der Waals surface area contributed by atoms with Gasteiger partial charge in [-0.05, 0) is 41.8 Å². The van der Waals surface area contributed by atoms with E-state index >= 15 is 0 Å². The number of hydrogen-bond donors (Lipinski definition) is 1. The fraction of sp³-hybridized carbons (Fsp3) is 0.188. The summed E-state index contributed by atoms with van der Waals surface area (Å²) in [5.41, 5.74) is 2.95. The molecule has 0 amide bonds. The summed E-state index contributed by atoms with van der Waals surface area (Å²) in [6, 6.07) is 11.0. The van der Waals surface area contributed by atoms with Crippen LogP contribution >= 0.6 is 0 Å². The molecular formula is C16H15FN2O3S. The molecule has 5 nitrogen and oxygen atoms in total. The van der Waals surface area contributed by atoms with Gasteiger partial charge in [0.2, 0.25) is 10.0 Å². The van der Waals surface area contributed by atoms with Crippen LogP contribution in [0.1, 0.15) is 11.1 Å². The first-order chi connectivity index (χ1) is 11.0. The van der Waals surface area contributed by atoms with Crippen LogP contribution in [0.4, 0.5) is 4.39 Å². The second kappa shape index (κ2) is 6.47. The molecular weight excluding hydrogens is 319 g/mol. The van der Waals surface area contributed by atoms with Gasteiger partial charge in [-0.3, -0.25) is 0 Å². The lowest BCUT2D eigenvalue weighted by Gasteiger charge is -2.07. The number of nitrogens with zero attached hydrogens (tertiary/aromatic N) is 1. The van der Waals surface area contributed by atoms with Gasteiger partial charge in [-0.25, -0.2) is 22.5 Å². The summed E-state index contributed by atoms with van der Waals surface area (Å²) < 4.78 is 44.6. The van der Waals surface area contributed by atoms with Crippen molar-refractivity contribution in [1.82, 2.24) is 9.71 Å². The fourth-order valence-electron chi connectivity index (χ4n) is 2.26. The number of oxazole rings is 1. The smallest absolute Gasteiger partial charge is 0.215 e. The molecule has 0 radical (unpaired) electrons. The second-order valence-corrected chi connectivity index (χ2v) is 6.99. The van der Waals surface area contributed by atoms with Crippen LogP contribution in [0.25, 0.3) is 11.1 Å². The van der Waals surface area contributed by atoms with Gasteiger partial charge in [0.05, 0.1) is 5.75 Å². The Kier molecular flexibility index (Phi) is 4.40. The molecule has 3 aromatic rings. The van der Waals surface area contributed by atoms with Crippen molar-refractivity contribution < 1.29 is 17.2 Å². The highest BCUT2D eigenvalue weighted by molar-refractivity contribution is 7.88. The lowest BCUT2D eigenvalue weighted by molar-refractivity contribution is 0.580. The molecule has 3 rings (SSSR count). The molecule has 7 heteroatoms. The van der Waals surface area contributed by atoms with Gasteiger partial charge < -0.3 is 4.42 Å². The molecule has 0 fully saturated rings. The van der Waals surface area contributed by atoms with E-state index in [1.54, 1.807) is 0 Å². The Balaban J connectivity index is 1.57. The van der Waals surface area contributed by atoms with E-state index in [1.807, 2.05) is 18.2 Å². The van der Waals surface area contributed by atoms with Crippen LogP contribution in [-0.4, -0.2) is 19.9 Å². The first-order valence-electron chi connectivity index (χ1n) is 7.06. The molecule has 2 aromatic carbocycles. The van der Waals surface area contributed by atoms with Gasteiger partial charge >= 0.3 is 0 Å². The predicted octanol–water partition coefficient (Wildman–Crippen LogP) is 2.63. The van der Waals surface area contributed by atoms with E-state index in [9.17, 15) is 12.8 Å². The summed E-state index contributed by atoms with van der Waals surface area (Å²) in [7, 11) is -3.46. The van der Waals surface area contributed by atoms with Crippen LogP contribution in [0.3, 0.4) is 0 Å².